The highest BCUT2D eigenvalue weighted by Gasteiger charge is 2.44. The fraction of sp³-hybridized carbons (Fsp3) is 0.368. The molecule has 5 heteroatoms. The Morgan fingerprint density at radius 1 is 1.08 bits per heavy atom. The topological polar surface area (TPSA) is 57.2 Å². The van der Waals surface area contributed by atoms with Gasteiger partial charge in [-0.15, -0.1) is 0 Å². The zero-order chi connectivity index (χ0) is 16.9. The summed E-state index contributed by atoms with van der Waals surface area (Å²) < 4.78 is 22.0. The van der Waals surface area contributed by atoms with Gasteiger partial charge in [-0.05, 0) is 23.8 Å². The standard InChI is InChI=1S/C19H20O5/c1-11-18(12-4-6-13(21-3)7-5-12)14-8-16-17(23-10-22-16)9-15(14)24-19(11,2)20/h4-9,11,18,20H,10H2,1-3H3/t11-,18-,19+/m0/s1. The van der Waals surface area contributed by atoms with Gasteiger partial charge in [-0.2, -0.15) is 0 Å². The summed E-state index contributed by atoms with van der Waals surface area (Å²) in [6.45, 7) is 3.89. The van der Waals surface area contributed by atoms with E-state index in [4.69, 9.17) is 18.9 Å². The molecule has 3 atom stereocenters. The number of aliphatic hydroxyl groups is 1. The van der Waals surface area contributed by atoms with Gasteiger partial charge in [0.05, 0.1) is 7.11 Å². The quantitative estimate of drug-likeness (QED) is 0.917. The number of hydrogen-bond donors (Lipinski definition) is 1. The van der Waals surface area contributed by atoms with Gasteiger partial charge >= 0.3 is 0 Å². The Kier molecular flexibility index (Phi) is 3.35. The van der Waals surface area contributed by atoms with Crippen LogP contribution in [0, 0.1) is 5.92 Å². The van der Waals surface area contributed by atoms with E-state index in [0.717, 1.165) is 16.9 Å². The van der Waals surface area contributed by atoms with Gasteiger partial charge in [0.2, 0.25) is 12.6 Å². The minimum absolute atomic E-state index is 0.0239. The van der Waals surface area contributed by atoms with Crippen LogP contribution in [0.5, 0.6) is 23.0 Å². The molecular formula is C19H20O5. The van der Waals surface area contributed by atoms with Crippen molar-refractivity contribution in [1.29, 1.82) is 0 Å². The minimum atomic E-state index is -1.27. The number of rotatable bonds is 2. The van der Waals surface area contributed by atoms with Crippen LogP contribution in [0.3, 0.4) is 0 Å². The predicted octanol–water partition coefficient (Wildman–Crippen LogP) is 3.29. The summed E-state index contributed by atoms with van der Waals surface area (Å²) in [4.78, 5) is 0. The molecule has 0 radical (unpaired) electrons. The molecule has 2 aromatic rings. The van der Waals surface area contributed by atoms with Crippen molar-refractivity contribution in [3.8, 4) is 23.0 Å². The Morgan fingerprint density at radius 2 is 1.75 bits per heavy atom. The van der Waals surface area contributed by atoms with Crippen LogP contribution < -0.4 is 18.9 Å². The van der Waals surface area contributed by atoms with E-state index >= 15 is 0 Å². The summed E-state index contributed by atoms with van der Waals surface area (Å²) in [6.07, 6.45) is 0. The van der Waals surface area contributed by atoms with Gasteiger partial charge in [0.25, 0.3) is 0 Å². The summed E-state index contributed by atoms with van der Waals surface area (Å²) in [7, 11) is 1.65. The lowest BCUT2D eigenvalue weighted by Crippen LogP contribution is -2.45. The molecular weight excluding hydrogens is 308 g/mol. The van der Waals surface area contributed by atoms with Gasteiger partial charge in [0.15, 0.2) is 11.5 Å². The van der Waals surface area contributed by atoms with Crippen LogP contribution in [-0.4, -0.2) is 24.8 Å². The van der Waals surface area contributed by atoms with Crippen LogP contribution in [0.4, 0.5) is 0 Å². The van der Waals surface area contributed by atoms with E-state index in [9.17, 15) is 5.11 Å². The van der Waals surface area contributed by atoms with E-state index in [2.05, 4.69) is 0 Å². The molecule has 5 nitrogen and oxygen atoms in total. The second kappa shape index (κ2) is 5.31. The fourth-order valence-electron chi connectivity index (χ4n) is 3.44. The highest BCUT2D eigenvalue weighted by atomic mass is 16.7. The molecule has 0 fully saturated rings. The number of benzene rings is 2. The Labute approximate surface area is 140 Å². The molecule has 0 aromatic heterocycles. The van der Waals surface area contributed by atoms with Crippen molar-refractivity contribution in [3.05, 3.63) is 47.5 Å². The van der Waals surface area contributed by atoms with Crippen LogP contribution in [0.1, 0.15) is 30.9 Å². The van der Waals surface area contributed by atoms with E-state index in [1.165, 1.54) is 0 Å². The van der Waals surface area contributed by atoms with Crippen LogP contribution >= 0.6 is 0 Å². The highest BCUT2D eigenvalue weighted by molar-refractivity contribution is 5.56. The molecule has 0 bridgehead atoms. The zero-order valence-electron chi connectivity index (χ0n) is 13.9. The van der Waals surface area contributed by atoms with E-state index in [-0.39, 0.29) is 18.6 Å². The summed E-state index contributed by atoms with van der Waals surface area (Å²) >= 11 is 0. The Morgan fingerprint density at radius 3 is 2.42 bits per heavy atom. The zero-order valence-corrected chi connectivity index (χ0v) is 13.9. The van der Waals surface area contributed by atoms with Crippen molar-refractivity contribution in [2.45, 2.75) is 25.6 Å². The second-order valence-corrected chi connectivity index (χ2v) is 6.44. The van der Waals surface area contributed by atoms with Crippen molar-refractivity contribution in [2.24, 2.45) is 5.92 Å². The van der Waals surface area contributed by atoms with E-state index in [1.54, 1.807) is 20.1 Å². The molecule has 126 valence electrons. The Bertz CT molecular complexity index is 766. The van der Waals surface area contributed by atoms with Crippen molar-refractivity contribution < 1.29 is 24.1 Å². The first-order chi connectivity index (χ1) is 11.5. The van der Waals surface area contributed by atoms with Gasteiger partial charge in [0, 0.05) is 30.4 Å². The summed E-state index contributed by atoms with van der Waals surface area (Å²) in [6, 6.07) is 11.7. The maximum absolute atomic E-state index is 10.8. The number of fused-ring (bicyclic) bond motifs is 2. The monoisotopic (exact) mass is 328 g/mol. The summed E-state index contributed by atoms with van der Waals surface area (Å²) in [5, 5.41) is 10.8. The molecule has 0 saturated carbocycles. The van der Waals surface area contributed by atoms with E-state index in [0.29, 0.717) is 17.2 Å². The lowest BCUT2D eigenvalue weighted by molar-refractivity contribution is -0.171. The molecule has 0 amide bonds. The molecule has 1 N–H and O–H groups in total. The molecule has 0 aliphatic carbocycles. The Hall–Kier alpha value is -2.40. The third-order valence-electron chi connectivity index (χ3n) is 4.98. The lowest BCUT2D eigenvalue weighted by atomic mass is 9.75. The predicted molar refractivity (Wildman–Crippen MR) is 87.8 cm³/mol. The third kappa shape index (κ3) is 2.27. The van der Waals surface area contributed by atoms with Crippen LogP contribution in [0.25, 0.3) is 0 Å². The average molecular weight is 328 g/mol. The van der Waals surface area contributed by atoms with Crippen molar-refractivity contribution in [3.63, 3.8) is 0 Å². The molecule has 0 spiro atoms. The van der Waals surface area contributed by atoms with E-state index in [1.807, 2.05) is 37.3 Å². The molecule has 24 heavy (non-hydrogen) atoms. The summed E-state index contributed by atoms with van der Waals surface area (Å²) in [5.41, 5.74) is 2.08. The van der Waals surface area contributed by atoms with Gasteiger partial charge in [-0.25, -0.2) is 0 Å². The second-order valence-electron chi connectivity index (χ2n) is 6.44. The first-order valence-corrected chi connectivity index (χ1v) is 7.98. The van der Waals surface area contributed by atoms with Crippen LogP contribution in [0.15, 0.2) is 36.4 Å². The van der Waals surface area contributed by atoms with Crippen LogP contribution in [0.2, 0.25) is 0 Å². The molecule has 2 aliphatic rings. The van der Waals surface area contributed by atoms with Crippen LogP contribution in [-0.2, 0) is 0 Å². The SMILES string of the molecule is COc1ccc([C@H]2c3cc4c(cc3O[C@@](C)(O)[C@H]2C)OCO4)cc1. The van der Waals surface area contributed by atoms with Crippen molar-refractivity contribution >= 4 is 0 Å². The first kappa shape index (κ1) is 15.1. The molecule has 0 saturated heterocycles. The number of ether oxygens (including phenoxy) is 4. The van der Waals surface area contributed by atoms with Gasteiger partial charge < -0.3 is 24.1 Å². The third-order valence-corrected chi connectivity index (χ3v) is 4.98. The number of methoxy groups -OCH3 is 1. The highest BCUT2D eigenvalue weighted by Crippen LogP contribution is 2.51. The number of hydrogen-bond acceptors (Lipinski definition) is 5. The smallest absolute Gasteiger partial charge is 0.231 e. The minimum Gasteiger partial charge on any atom is -0.497 e. The average Bonchev–Trinajstić information content (AvgIpc) is 3.01. The molecule has 2 aromatic carbocycles. The lowest BCUT2D eigenvalue weighted by Gasteiger charge is -2.42. The maximum atomic E-state index is 10.8. The maximum Gasteiger partial charge on any atom is 0.231 e. The fourth-order valence-corrected chi connectivity index (χ4v) is 3.44. The molecule has 2 aliphatic heterocycles. The van der Waals surface area contributed by atoms with Gasteiger partial charge in [-0.1, -0.05) is 19.1 Å². The first-order valence-electron chi connectivity index (χ1n) is 7.98. The molecule has 2 heterocycles. The largest absolute Gasteiger partial charge is 0.497 e. The van der Waals surface area contributed by atoms with E-state index < -0.39 is 5.79 Å². The van der Waals surface area contributed by atoms with Crippen molar-refractivity contribution in [2.75, 3.05) is 13.9 Å². The molecule has 4 rings (SSSR count). The van der Waals surface area contributed by atoms with Crippen molar-refractivity contribution in [1.82, 2.24) is 0 Å². The van der Waals surface area contributed by atoms with Gasteiger partial charge in [0.1, 0.15) is 11.5 Å². The normalized spacial score (nSPS) is 27.3. The summed E-state index contributed by atoms with van der Waals surface area (Å²) in [5.74, 6) is 1.35. The Balaban J connectivity index is 1.85. The molecule has 0 unspecified atom stereocenters. The van der Waals surface area contributed by atoms with Gasteiger partial charge in [-0.3, -0.25) is 0 Å².